The fourth-order valence-electron chi connectivity index (χ4n) is 3.39. The van der Waals surface area contributed by atoms with E-state index >= 15 is 0 Å². The van der Waals surface area contributed by atoms with Crippen LogP contribution in [0.5, 0.6) is 0 Å². The summed E-state index contributed by atoms with van der Waals surface area (Å²) in [7, 11) is 0. The first-order chi connectivity index (χ1) is 13.6. The molecule has 0 saturated heterocycles. The van der Waals surface area contributed by atoms with Gasteiger partial charge in [-0.05, 0) is 48.2 Å². The number of hydrogen-bond donors (Lipinski definition) is 2. The lowest BCUT2D eigenvalue weighted by molar-refractivity contribution is -0.384. The molecule has 28 heavy (non-hydrogen) atoms. The first-order valence-electron chi connectivity index (χ1n) is 8.82. The van der Waals surface area contributed by atoms with Crippen LogP contribution in [0.25, 0.3) is 0 Å². The minimum Gasteiger partial charge on any atom is -0.345 e. The van der Waals surface area contributed by atoms with Crippen molar-refractivity contribution >= 4 is 23.4 Å². The Hall–Kier alpha value is -3.20. The maximum Gasteiger partial charge on any atom is 0.270 e. The summed E-state index contributed by atoms with van der Waals surface area (Å²) < 4.78 is 0. The highest BCUT2D eigenvalue weighted by Crippen LogP contribution is 2.33. The summed E-state index contributed by atoms with van der Waals surface area (Å²) in [6, 6.07) is 12.2. The molecule has 0 unspecified atom stereocenters. The van der Waals surface area contributed by atoms with Crippen molar-refractivity contribution in [3.8, 4) is 0 Å². The zero-order valence-electron chi connectivity index (χ0n) is 14.8. The molecule has 0 fully saturated rings. The lowest BCUT2D eigenvalue weighted by atomic mass is 9.87. The van der Waals surface area contributed by atoms with Gasteiger partial charge in [0.2, 0.25) is 0 Å². The van der Waals surface area contributed by atoms with E-state index in [9.17, 15) is 14.9 Å². The summed E-state index contributed by atoms with van der Waals surface area (Å²) in [5, 5.41) is 21.3. The van der Waals surface area contributed by atoms with Crippen molar-refractivity contribution in [3.05, 3.63) is 75.6 Å². The number of nitro groups is 1. The summed E-state index contributed by atoms with van der Waals surface area (Å²) in [5.41, 5.74) is 2.46. The van der Waals surface area contributed by atoms with Crippen molar-refractivity contribution in [3.63, 3.8) is 0 Å². The molecular formula is C19H17N5O3S. The average molecular weight is 395 g/mol. The minimum absolute atomic E-state index is 0.111. The second-order valence-corrected chi connectivity index (χ2v) is 7.48. The molecule has 1 heterocycles. The van der Waals surface area contributed by atoms with Gasteiger partial charge in [-0.25, -0.2) is 4.98 Å². The zero-order valence-corrected chi connectivity index (χ0v) is 15.6. The Morgan fingerprint density at radius 3 is 2.93 bits per heavy atom. The van der Waals surface area contributed by atoms with Crippen LogP contribution in [0.15, 0.2) is 58.8 Å². The maximum absolute atomic E-state index is 13.1. The van der Waals surface area contributed by atoms with Gasteiger partial charge < -0.3 is 5.32 Å². The second kappa shape index (κ2) is 7.81. The highest BCUT2D eigenvalue weighted by Gasteiger charge is 2.24. The number of hydrogen-bond acceptors (Lipinski definition) is 6. The van der Waals surface area contributed by atoms with Gasteiger partial charge >= 0.3 is 0 Å². The number of rotatable bonds is 5. The Morgan fingerprint density at radius 1 is 1.29 bits per heavy atom. The number of fused-ring (bicyclic) bond motifs is 1. The molecule has 0 spiro atoms. The van der Waals surface area contributed by atoms with Crippen LogP contribution >= 0.6 is 11.8 Å². The minimum atomic E-state index is -0.504. The van der Waals surface area contributed by atoms with Crippen LogP contribution < -0.4 is 5.32 Å². The average Bonchev–Trinajstić information content (AvgIpc) is 3.21. The molecule has 1 aliphatic carbocycles. The number of aryl methyl sites for hydroxylation is 1. The number of carbonyl (C=O) groups excluding carboxylic acids is 1. The molecule has 1 aromatic heterocycles. The molecule has 0 radical (unpaired) electrons. The summed E-state index contributed by atoms with van der Waals surface area (Å²) in [6.07, 6.45) is 4.18. The fourth-order valence-corrected chi connectivity index (χ4v) is 4.19. The molecule has 0 bridgehead atoms. The molecule has 2 aromatic carbocycles. The first-order valence-corrected chi connectivity index (χ1v) is 9.64. The summed E-state index contributed by atoms with van der Waals surface area (Å²) >= 11 is 1.20. The van der Waals surface area contributed by atoms with E-state index in [4.69, 9.17) is 0 Å². The summed E-state index contributed by atoms with van der Waals surface area (Å²) in [4.78, 5) is 28.4. The van der Waals surface area contributed by atoms with Gasteiger partial charge in [0.1, 0.15) is 6.33 Å². The van der Waals surface area contributed by atoms with Crippen molar-refractivity contribution in [2.75, 3.05) is 0 Å². The van der Waals surface area contributed by atoms with E-state index in [1.165, 1.54) is 35.8 Å². The molecule has 0 aliphatic heterocycles. The zero-order chi connectivity index (χ0) is 19.5. The Morgan fingerprint density at radius 2 is 2.14 bits per heavy atom. The van der Waals surface area contributed by atoms with E-state index in [1.54, 1.807) is 6.07 Å². The molecule has 0 saturated carbocycles. The molecule has 9 heteroatoms. The van der Waals surface area contributed by atoms with Crippen LogP contribution in [0, 0.1) is 10.1 Å². The topological polar surface area (TPSA) is 114 Å². The van der Waals surface area contributed by atoms with E-state index in [2.05, 4.69) is 26.6 Å². The van der Waals surface area contributed by atoms with Crippen molar-refractivity contribution in [1.29, 1.82) is 0 Å². The van der Waals surface area contributed by atoms with Crippen molar-refractivity contribution < 1.29 is 9.72 Å². The van der Waals surface area contributed by atoms with Crippen LogP contribution in [0.4, 0.5) is 5.69 Å². The SMILES string of the molecule is O=C(N[C@@H]1CCCc2ccccc21)c1cc([N+](=O)[O-])ccc1Sc1ncn[nH]1. The van der Waals surface area contributed by atoms with E-state index in [-0.39, 0.29) is 23.2 Å². The number of amides is 1. The molecular weight excluding hydrogens is 378 g/mol. The van der Waals surface area contributed by atoms with Crippen LogP contribution in [-0.4, -0.2) is 26.0 Å². The number of nitrogens with one attached hydrogen (secondary N) is 2. The highest BCUT2D eigenvalue weighted by molar-refractivity contribution is 7.99. The van der Waals surface area contributed by atoms with Gasteiger partial charge in [-0.1, -0.05) is 24.3 Å². The predicted octanol–water partition coefficient (Wildman–Crippen LogP) is 3.67. The molecule has 1 aliphatic rings. The van der Waals surface area contributed by atoms with Crippen LogP contribution in [0.3, 0.4) is 0 Å². The van der Waals surface area contributed by atoms with Gasteiger partial charge in [-0.3, -0.25) is 20.0 Å². The normalized spacial score (nSPS) is 15.6. The second-order valence-electron chi connectivity index (χ2n) is 6.45. The maximum atomic E-state index is 13.1. The summed E-state index contributed by atoms with van der Waals surface area (Å²) in [6.45, 7) is 0. The van der Waals surface area contributed by atoms with Crippen LogP contribution in [0.1, 0.15) is 40.4 Å². The van der Waals surface area contributed by atoms with E-state index in [0.29, 0.717) is 10.1 Å². The monoisotopic (exact) mass is 395 g/mol. The lowest BCUT2D eigenvalue weighted by Crippen LogP contribution is -2.31. The Labute approximate surface area is 164 Å². The van der Waals surface area contributed by atoms with Gasteiger partial charge in [0.15, 0.2) is 5.16 Å². The quantitative estimate of drug-likeness (QED) is 0.503. The lowest BCUT2D eigenvalue weighted by Gasteiger charge is -2.26. The van der Waals surface area contributed by atoms with Crippen LogP contribution in [0.2, 0.25) is 0 Å². The van der Waals surface area contributed by atoms with Crippen molar-refractivity contribution in [2.24, 2.45) is 0 Å². The van der Waals surface area contributed by atoms with E-state index < -0.39 is 4.92 Å². The molecule has 8 nitrogen and oxygen atoms in total. The van der Waals surface area contributed by atoms with Gasteiger partial charge in [0, 0.05) is 17.0 Å². The molecule has 1 atom stereocenters. The number of carbonyl (C=O) groups is 1. The number of nitro benzene ring substituents is 1. The van der Waals surface area contributed by atoms with E-state index in [0.717, 1.165) is 24.8 Å². The van der Waals surface area contributed by atoms with E-state index in [1.807, 2.05) is 18.2 Å². The Bertz CT molecular complexity index is 1020. The van der Waals surface area contributed by atoms with Gasteiger partial charge in [0.25, 0.3) is 11.6 Å². The molecule has 3 aromatic rings. The first kappa shape index (κ1) is 18.2. The smallest absolute Gasteiger partial charge is 0.270 e. The number of aromatic nitrogens is 3. The van der Waals surface area contributed by atoms with Crippen LogP contribution in [-0.2, 0) is 6.42 Å². The molecule has 1 amide bonds. The third-order valence-corrected chi connectivity index (χ3v) is 5.66. The molecule has 2 N–H and O–H groups in total. The third kappa shape index (κ3) is 3.74. The van der Waals surface area contributed by atoms with Crippen molar-refractivity contribution in [1.82, 2.24) is 20.5 Å². The standard InChI is InChI=1S/C19H17N5O3S/c25-18(22-16-7-3-5-12-4-1-2-6-14(12)16)15-10-13(24(26)27)8-9-17(15)28-19-20-11-21-23-19/h1-2,4,6,8-11,16H,3,5,7H2,(H,22,25)(H,20,21,23)/t16-/m1/s1. The molecule has 142 valence electrons. The van der Waals surface area contributed by atoms with Gasteiger partial charge in [-0.2, -0.15) is 5.10 Å². The number of H-pyrrole nitrogens is 1. The molecule has 4 rings (SSSR count). The van der Waals surface area contributed by atoms with Gasteiger partial charge in [-0.15, -0.1) is 0 Å². The number of non-ortho nitro benzene ring substituents is 1. The number of aromatic amines is 1. The van der Waals surface area contributed by atoms with Crippen molar-refractivity contribution in [2.45, 2.75) is 35.4 Å². The summed E-state index contributed by atoms with van der Waals surface area (Å²) in [5.74, 6) is -0.340. The third-order valence-electron chi connectivity index (χ3n) is 4.69. The number of benzene rings is 2. The Kier molecular flexibility index (Phi) is 5.07. The highest BCUT2D eigenvalue weighted by atomic mass is 32.2. The largest absolute Gasteiger partial charge is 0.345 e. The predicted molar refractivity (Wildman–Crippen MR) is 103 cm³/mol. The van der Waals surface area contributed by atoms with Gasteiger partial charge in [0.05, 0.1) is 16.5 Å². The Balaban J connectivity index is 1.64. The number of nitrogens with zero attached hydrogens (tertiary/aromatic N) is 3. The fraction of sp³-hybridized carbons (Fsp3) is 0.211.